The molecule has 0 radical (unpaired) electrons. The predicted molar refractivity (Wildman–Crippen MR) is 89.9 cm³/mol. The van der Waals surface area contributed by atoms with Gasteiger partial charge in [0.05, 0.1) is 13.0 Å². The largest absolute Gasteiger partial charge is 0.497 e. The van der Waals surface area contributed by atoms with Crippen LogP contribution >= 0.6 is 12.4 Å². The summed E-state index contributed by atoms with van der Waals surface area (Å²) in [5.74, 6) is 1.81. The van der Waals surface area contributed by atoms with E-state index >= 15 is 0 Å². The van der Waals surface area contributed by atoms with E-state index in [1.165, 1.54) is 5.69 Å². The van der Waals surface area contributed by atoms with E-state index in [0.717, 1.165) is 44.9 Å². The van der Waals surface area contributed by atoms with Crippen LogP contribution in [0.15, 0.2) is 24.3 Å². The van der Waals surface area contributed by atoms with Crippen molar-refractivity contribution in [2.24, 2.45) is 11.8 Å². The van der Waals surface area contributed by atoms with Gasteiger partial charge in [-0.1, -0.05) is 6.07 Å². The third kappa shape index (κ3) is 3.84. The molecule has 2 saturated heterocycles. The molecule has 2 fully saturated rings. The number of hydrogen-bond donors (Lipinski definition) is 2. The minimum absolute atomic E-state index is 0. The number of nitrogens with one attached hydrogen (secondary N) is 2. The molecule has 2 N–H and O–H groups in total. The van der Waals surface area contributed by atoms with Gasteiger partial charge in [-0.3, -0.25) is 4.79 Å². The van der Waals surface area contributed by atoms with E-state index in [4.69, 9.17) is 4.74 Å². The van der Waals surface area contributed by atoms with Gasteiger partial charge in [0, 0.05) is 44.5 Å². The maximum Gasteiger partial charge on any atom is 0.225 e. The van der Waals surface area contributed by atoms with E-state index < -0.39 is 0 Å². The molecule has 1 atom stereocenters. The lowest BCUT2D eigenvalue weighted by Gasteiger charge is -2.26. The summed E-state index contributed by atoms with van der Waals surface area (Å²) in [6, 6.07) is 8.17. The monoisotopic (exact) mass is 325 g/mol. The Kier molecular flexibility index (Phi) is 5.91. The molecule has 1 unspecified atom stereocenters. The highest BCUT2D eigenvalue weighted by Crippen LogP contribution is 2.26. The van der Waals surface area contributed by atoms with Crippen LogP contribution in [0.1, 0.15) is 6.42 Å². The highest BCUT2D eigenvalue weighted by molar-refractivity contribution is 5.85. The third-order valence-corrected chi connectivity index (χ3v) is 4.42. The fourth-order valence-corrected chi connectivity index (χ4v) is 2.90. The number of benzene rings is 1. The summed E-state index contributed by atoms with van der Waals surface area (Å²) in [6.45, 7) is 4.48. The zero-order valence-corrected chi connectivity index (χ0v) is 13.7. The first kappa shape index (κ1) is 16.9. The average Bonchev–Trinajstić information content (AvgIpc) is 2.92. The molecule has 1 aromatic rings. The van der Waals surface area contributed by atoms with Crippen molar-refractivity contribution in [2.45, 2.75) is 6.42 Å². The molecule has 1 amide bonds. The number of hydrogen-bond acceptors (Lipinski definition) is 4. The molecule has 3 rings (SSSR count). The maximum absolute atomic E-state index is 11.8. The average molecular weight is 326 g/mol. The van der Waals surface area contributed by atoms with Gasteiger partial charge in [0.15, 0.2) is 0 Å². The van der Waals surface area contributed by atoms with Gasteiger partial charge in [0.25, 0.3) is 0 Å². The summed E-state index contributed by atoms with van der Waals surface area (Å²) in [6.07, 6.45) is 1.13. The Morgan fingerprint density at radius 1 is 1.45 bits per heavy atom. The molecule has 5 nitrogen and oxygen atoms in total. The van der Waals surface area contributed by atoms with Crippen LogP contribution in [0, 0.1) is 11.8 Å². The molecule has 6 heteroatoms. The summed E-state index contributed by atoms with van der Waals surface area (Å²) in [7, 11) is 1.69. The second kappa shape index (κ2) is 7.70. The number of nitrogens with zero attached hydrogens (tertiary/aromatic N) is 1. The lowest BCUT2D eigenvalue weighted by atomic mass is 10.0. The van der Waals surface area contributed by atoms with Crippen molar-refractivity contribution >= 4 is 24.0 Å². The fraction of sp³-hybridized carbons (Fsp3) is 0.562. The lowest BCUT2D eigenvalue weighted by molar-refractivity contribution is -0.126. The number of ether oxygens (including phenoxy) is 1. The van der Waals surface area contributed by atoms with E-state index in [1.54, 1.807) is 7.11 Å². The molecular weight excluding hydrogens is 302 g/mol. The van der Waals surface area contributed by atoms with E-state index in [9.17, 15) is 4.79 Å². The van der Waals surface area contributed by atoms with E-state index in [0.29, 0.717) is 5.92 Å². The normalized spacial score (nSPS) is 21.0. The van der Waals surface area contributed by atoms with Crippen molar-refractivity contribution < 1.29 is 9.53 Å². The molecule has 0 aromatic heterocycles. The van der Waals surface area contributed by atoms with Gasteiger partial charge in [-0.05, 0) is 24.5 Å². The number of anilines is 1. The van der Waals surface area contributed by atoms with E-state index in [2.05, 4.69) is 27.7 Å². The van der Waals surface area contributed by atoms with Crippen LogP contribution in [-0.4, -0.2) is 45.7 Å². The summed E-state index contributed by atoms with van der Waals surface area (Å²) < 4.78 is 5.28. The lowest BCUT2D eigenvalue weighted by Crippen LogP contribution is -2.51. The van der Waals surface area contributed by atoms with Gasteiger partial charge in [-0.25, -0.2) is 0 Å². The quantitative estimate of drug-likeness (QED) is 0.856. The van der Waals surface area contributed by atoms with Crippen LogP contribution < -0.4 is 20.3 Å². The van der Waals surface area contributed by atoms with Crippen LogP contribution in [0.4, 0.5) is 5.69 Å². The summed E-state index contributed by atoms with van der Waals surface area (Å²) >= 11 is 0. The summed E-state index contributed by atoms with van der Waals surface area (Å²) in [4.78, 5) is 14.2. The molecule has 0 bridgehead atoms. The number of carbonyl (C=O) groups is 1. The minimum atomic E-state index is 0. The number of rotatable bonds is 5. The van der Waals surface area contributed by atoms with Crippen LogP contribution in [0.5, 0.6) is 5.75 Å². The van der Waals surface area contributed by atoms with Gasteiger partial charge in [0.1, 0.15) is 5.75 Å². The van der Waals surface area contributed by atoms with Gasteiger partial charge in [-0.2, -0.15) is 0 Å². The first-order chi connectivity index (χ1) is 10.3. The maximum atomic E-state index is 11.8. The Balaban J connectivity index is 0.00000176. The first-order valence-electron chi connectivity index (χ1n) is 7.63. The van der Waals surface area contributed by atoms with Gasteiger partial charge < -0.3 is 20.3 Å². The molecule has 0 spiro atoms. The number of carbonyl (C=O) groups excluding carboxylic acids is 1. The third-order valence-electron chi connectivity index (χ3n) is 4.42. The number of methoxy groups -OCH3 is 1. The molecule has 122 valence electrons. The topological polar surface area (TPSA) is 53.6 Å². The summed E-state index contributed by atoms with van der Waals surface area (Å²) in [5.41, 5.74) is 1.20. The Morgan fingerprint density at radius 3 is 2.95 bits per heavy atom. The van der Waals surface area contributed by atoms with Crippen LogP contribution in [0.3, 0.4) is 0 Å². The molecule has 2 heterocycles. The van der Waals surface area contributed by atoms with Crippen LogP contribution in [0.25, 0.3) is 0 Å². The van der Waals surface area contributed by atoms with Crippen molar-refractivity contribution in [2.75, 3.05) is 44.7 Å². The van der Waals surface area contributed by atoms with Gasteiger partial charge in [-0.15, -0.1) is 12.4 Å². The Hall–Kier alpha value is -1.46. The van der Waals surface area contributed by atoms with Crippen LogP contribution in [0.2, 0.25) is 0 Å². The molecule has 0 aliphatic carbocycles. The molecule has 22 heavy (non-hydrogen) atoms. The molecule has 2 aliphatic rings. The van der Waals surface area contributed by atoms with Crippen molar-refractivity contribution in [3.05, 3.63) is 24.3 Å². The molecule has 0 saturated carbocycles. The molecule has 2 aliphatic heterocycles. The van der Waals surface area contributed by atoms with Crippen molar-refractivity contribution in [3.63, 3.8) is 0 Å². The van der Waals surface area contributed by atoms with Crippen LogP contribution in [-0.2, 0) is 4.79 Å². The molecular formula is C16H24ClN3O2. The number of halogens is 1. The zero-order chi connectivity index (χ0) is 14.7. The van der Waals surface area contributed by atoms with Gasteiger partial charge in [0.2, 0.25) is 5.91 Å². The van der Waals surface area contributed by atoms with Crippen molar-refractivity contribution in [1.82, 2.24) is 10.6 Å². The smallest absolute Gasteiger partial charge is 0.225 e. The first-order valence-corrected chi connectivity index (χ1v) is 7.63. The highest BCUT2D eigenvalue weighted by Gasteiger charge is 2.27. The van der Waals surface area contributed by atoms with E-state index in [-0.39, 0.29) is 24.2 Å². The fourth-order valence-electron chi connectivity index (χ4n) is 2.90. The van der Waals surface area contributed by atoms with Crippen molar-refractivity contribution in [3.8, 4) is 5.75 Å². The Morgan fingerprint density at radius 2 is 2.27 bits per heavy atom. The summed E-state index contributed by atoms with van der Waals surface area (Å²) in [5, 5.41) is 6.22. The standard InChI is InChI=1S/C16H23N3O2.ClH/c1-21-15-4-2-3-14(7-15)19-6-5-12(11-19)8-18-16(20)13-9-17-10-13;/h2-4,7,12-13,17H,5-6,8-11H2,1H3,(H,18,20);1H. The molecule has 1 aromatic carbocycles. The number of amides is 1. The zero-order valence-electron chi connectivity index (χ0n) is 12.9. The highest BCUT2D eigenvalue weighted by atomic mass is 35.5. The van der Waals surface area contributed by atoms with Gasteiger partial charge >= 0.3 is 0 Å². The second-order valence-electron chi connectivity index (χ2n) is 5.90. The van der Waals surface area contributed by atoms with Crippen molar-refractivity contribution in [1.29, 1.82) is 0 Å². The Labute approximate surface area is 137 Å². The van der Waals surface area contributed by atoms with E-state index in [1.807, 2.05) is 12.1 Å². The Bertz CT molecular complexity index is 508. The second-order valence-corrected chi connectivity index (χ2v) is 5.90. The predicted octanol–water partition coefficient (Wildman–Crippen LogP) is 1.28. The minimum Gasteiger partial charge on any atom is -0.497 e. The SMILES string of the molecule is COc1cccc(N2CCC(CNC(=O)C3CNC3)C2)c1.Cl.